The first kappa shape index (κ1) is 16.9. The summed E-state index contributed by atoms with van der Waals surface area (Å²) in [4.78, 5) is 14.8. The number of sulfone groups is 1. The first-order valence-corrected chi connectivity index (χ1v) is 10.0. The fraction of sp³-hybridized carbons (Fsp3) is 0.933. The van der Waals surface area contributed by atoms with E-state index in [9.17, 15) is 13.2 Å². The van der Waals surface area contributed by atoms with E-state index in [4.69, 9.17) is 0 Å². The number of nitrogens with one attached hydrogen (secondary N) is 1. The summed E-state index contributed by atoms with van der Waals surface area (Å²) in [6, 6.07) is 0.458. The van der Waals surface area contributed by atoms with Crippen molar-refractivity contribution >= 4 is 15.6 Å². The Labute approximate surface area is 128 Å². The summed E-state index contributed by atoms with van der Waals surface area (Å²) in [5.74, 6) is 0.352. The molecule has 0 aromatic rings. The monoisotopic (exact) mass is 316 g/mol. The number of carbonyl (C=O) groups is 1. The minimum absolute atomic E-state index is 0.0240. The molecule has 0 saturated carbocycles. The molecule has 2 fully saturated rings. The molecule has 0 bridgehead atoms. The SMILES string of the molecule is CCCS(=O)(=O)CCC(=O)C1CCCN1C1CCNCC1. The van der Waals surface area contributed by atoms with Crippen LogP contribution in [-0.2, 0) is 14.6 Å². The Morgan fingerprint density at radius 2 is 1.90 bits per heavy atom. The third-order valence-corrected chi connectivity index (χ3v) is 6.47. The summed E-state index contributed by atoms with van der Waals surface area (Å²) >= 11 is 0. The summed E-state index contributed by atoms with van der Waals surface area (Å²) in [6.45, 7) is 4.89. The lowest BCUT2D eigenvalue weighted by molar-refractivity contribution is -0.123. The number of likely N-dealkylation sites (tertiary alicyclic amines) is 1. The molecule has 2 aliphatic heterocycles. The first-order valence-electron chi connectivity index (χ1n) is 8.23. The van der Waals surface area contributed by atoms with E-state index < -0.39 is 9.84 Å². The number of piperidine rings is 1. The van der Waals surface area contributed by atoms with Gasteiger partial charge in [0.05, 0.1) is 11.8 Å². The molecule has 122 valence electrons. The fourth-order valence-corrected chi connectivity index (χ4v) is 4.88. The van der Waals surface area contributed by atoms with Crippen LogP contribution < -0.4 is 5.32 Å². The average Bonchev–Trinajstić information content (AvgIpc) is 2.95. The second kappa shape index (κ2) is 7.70. The van der Waals surface area contributed by atoms with Crippen molar-refractivity contribution in [3.63, 3.8) is 0 Å². The van der Waals surface area contributed by atoms with E-state index in [-0.39, 0.29) is 29.8 Å². The van der Waals surface area contributed by atoms with Crippen molar-refractivity contribution in [1.29, 1.82) is 0 Å². The van der Waals surface area contributed by atoms with Crippen LogP contribution in [0.4, 0.5) is 0 Å². The number of ketones is 1. The molecule has 1 unspecified atom stereocenters. The maximum atomic E-state index is 12.4. The van der Waals surface area contributed by atoms with Gasteiger partial charge in [-0.1, -0.05) is 6.92 Å². The van der Waals surface area contributed by atoms with E-state index in [0.29, 0.717) is 12.5 Å². The Bertz CT molecular complexity index is 444. The van der Waals surface area contributed by atoms with E-state index in [1.807, 2.05) is 6.92 Å². The zero-order chi connectivity index (χ0) is 15.3. The van der Waals surface area contributed by atoms with Gasteiger partial charge >= 0.3 is 0 Å². The molecule has 2 heterocycles. The van der Waals surface area contributed by atoms with Gasteiger partial charge in [0.2, 0.25) is 0 Å². The van der Waals surface area contributed by atoms with Gasteiger partial charge < -0.3 is 5.32 Å². The maximum absolute atomic E-state index is 12.4. The molecule has 0 radical (unpaired) electrons. The minimum Gasteiger partial charge on any atom is -0.317 e. The van der Waals surface area contributed by atoms with Crippen molar-refractivity contribution in [1.82, 2.24) is 10.2 Å². The van der Waals surface area contributed by atoms with Gasteiger partial charge in [-0.2, -0.15) is 0 Å². The molecular weight excluding hydrogens is 288 g/mol. The van der Waals surface area contributed by atoms with Crippen LogP contribution in [0.5, 0.6) is 0 Å². The molecule has 0 aromatic heterocycles. The molecule has 21 heavy (non-hydrogen) atoms. The molecule has 1 N–H and O–H groups in total. The van der Waals surface area contributed by atoms with Gasteiger partial charge in [-0.3, -0.25) is 9.69 Å². The molecule has 0 spiro atoms. The highest BCUT2D eigenvalue weighted by Crippen LogP contribution is 2.25. The van der Waals surface area contributed by atoms with Crippen molar-refractivity contribution in [3.05, 3.63) is 0 Å². The predicted octanol–water partition coefficient (Wildman–Crippen LogP) is 0.987. The number of carbonyl (C=O) groups excluding carboxylic acids is 1. The Kier molecular flexibility index (Phi) is 6.20. The first-order chi connectivity index (χ1) is 10.0. The van der Waals surface area contributed by atoms with Crippen LogP contribution in [0.15, 0.2) is 0 Å². The van der Waals surface area contributed by atoms with Crippen molar-refractivity contribution in [2.75, 3.05) is 31.1 Å². The Balaban J connectivity index is 1.88. The highest BCUT2D eigenvalue weighted by molar-refractivity contribution is 7.91. The number of rotatable bonds is 7. The Morgan fingerprint density at radius 3 is 2.57 bits per heavy atom. The molecule has 0 aromatic carbocycles. The number of hydrogen-bond donors (Lipinski definition) is 1. The van der Waals surface area contributed by atoms with Crippen LogP contribution in [0.3, 0.4) is 0 Å². The molecule has 0 amide bonds. The number of nitrogens with zero attached hydrogens (tertiary/aromatic N) is 1. The Hall–Kier alpha value is -0.460. The third-order valence-electron chi connectivity index (χ3n) is 4.62. The second-order valence-electron chi connectivity index (χ2n) is 6.25. The van der Waals surface area contributed by atoms with Crippen LogP contribution >= 0.6 is 0 Å². The van der Waals surface area contributed by atoms with E-state index in [1.54, 1.807) is 0 Å². The zero-order valence-corrected chi connectivity index (χ0v) is 13.8. The highest BCUT2D eigenvalue weighted by Gasteiger charge is 2.35. The van der Waals surface area contributed by atoms with Gasteiger partial charge in [0.25, 0.3) is 0 Å². The smallest absolute Gasteiger partial charge is 0.150 e. The Morgan fingerprint density at radius 1 is 1.19 bits per heavy atom. The zero-order valence-electron chi connectivity index (χ0n) is 13.0. The molecule has 5 nitrogen and oxygen atoms in total. The van der Waals surface area contributed by atoms with Crippen LogP contribution in [-0.4, -0.2) is 62.3 Å². The topological polar surface area (TPSA) is 66.5 Å². The lowest BCUT2D eigenvalue weighted by atomic mass is 10.0. The normalized spacial score (nSPS) is 25.3. The van der Waals surface area contributed by atoms with E-state index in [2.05, 4.69) is 10.2 Å². The summed E-state index contributed by atoms with van der Waals surface area (Å²) in [5, 5.41) is 3.35. The predicted molar refractivity (Wildman–Crippen MR) is 84.2 cm³/mol. The second-order valence-corrected chi connectivity index (χ2v) is 8.55. The molecule has 2 saturated heterocycles. The van der Waals surface area contributed by atoms with Crippen LogP contribution in [0, 0.1) is 0 Å². The van der Waals surface area contributed by atoms with Crippen LogP contribution in [0.25, 0.3) is 0 Å². The molecule has 6 heteroatoms. The maximum Gasteiger partial charge on any atom is 0.150 e. The molecule has 1 atom stereocenters. The van der Waals surface area contributed by atoms with Crippen molar-refractivity contribution in [2.45, 2.75) is 57.5 Å². The van der Waals surface area contributed by atoms with E-state index in [0.717, 1.165) is 45.3 Å². The largest absolute Gasteiger partial charge is 0.317 e. The van der Waals surface area contributed by atoms with Gasteiger partial charge in [-0.15, -0.1) is 0 Å². The molecule has 2 aliphatic rings. The van der Waals surface area contributed by atoms with Crippen molar-refractivity contribution in [2.24, 2.45) is 0 Å². The highest BCUT2D eigenvalue weighted by atomic mass is 32.2. The van der Waals surface area contributed by atoms with Gasteiger partial charge in [0.1, 0.15) is 0 Å². The average molecular weight is 316 g/mol. The van der Waals surface area contributed by atoms with Crippen LogP contribution in [0.2, 0.25) is 0 Å². The van der Waals surface area contributed by atoms with Crippen molar-refractivity contribution in [3.8, 4) is 0 Å². The number of hydrogen-bond acceptors (Lipinski definition) is 5. The van der Waals surface area contributed by atoms with Gasteiger partial charge in [0, 0.05) is 18.2 Å². The summed E-state index contributed by atoms with van der Waals surface area (Å²) in [6.07, 6.45) is 4.96. The van der Waals surface area contributed by atoms with Gasteiger partial charge in [0.15, 0.2) is 15.6 Å². The molecule has 2 rings (SSSR count). The van der Waals surface area contributed by atoms with E-state index in [1.165, 1.54) is 0 Å². The summed E-state index contributed by atoms with van der Waals surface area (Å²) in [5.41, 5.74) is 0. The summed E-state index contributed by atoms with van der Waals surface area (Å²) < 4.78 is 23.5. The lowest BCUT2D eigenvalue weighted by Gasteiger charge is -2.35. The number of Topliss-reactive ketones (excluding diaryl/α,β-unsaturated/α-hetero) is 1. The van der Waals surface area contributed by atoms with Crippen LogP contribution in [0.1, 0.15) is 45.4 Å². The quantitative estimate of drug-likeness (QED) is 0.758. The third kappa shape index (κ3) is 4.76. The summed E-state index contributed by atoms with van der Waals surface area (Å²) in [7, 11) is -3.05. The molecular formula is C15H28N2O3S. The fourth-order valence-electron chi connectivity index (χ4n) is 3.55. The molecule has 0 aliphatic carbocycles. The standard InChI is InChI=1S/C15H28N2O3S/c1-2-11-21(19,20)12-7-15(18)14-4-3-10-17(14)13-5-8-16-9-6-13/h13-14,16H,2-12H2,1H3. The van der Waals surface area contributed by atoms with Gasteiger partial charge in [-0.05, 0) is 51.7 Å². The minimum atomic E-state index is -3.05. The van der Waals surface area contributed by atoms with E-state index >= 15 is 0 Å². The van der Waals surface area contributed by atoms with Crippen molar-refractivity contribution < 1.29 is 13.2 Å². The van der Waals surface area contributed by atoms with Gasteiger partial charge in [-0.25, -0.2) is 8.42 Å². The lowest BCUT2D eigenvalue weighted by Crippen LogP contribution is -2.48.